The number of furan rings is 1. The summed E-state index contributed by atoms with van der Waals surface area (Å²) >= 11 is 0. The molecule has 4 nitrogen and oxygen atoms in total. The van der Waals surface area contributed by atoms with Crippen molar-refractivity contribution in [1.82, 2.24) is 10.2 Å². The van der Waals surface area contributed by atoms with Crippen molar-refractivity contribution in [3.63, 3.8) is 0 Å². The van der Waals surface area contributed by atoms with Crippen molar-refractivity contribution >= 4 is 5.91 Å². The second-order valence-electron chi connectivity index (χ2n) is 6.84. The molecule has 2 fully saturated rings. The largest absolute Gasteiger partial charge is 0.469 e. The lowest BCUT2D eigenvalue weighted by Crippen LogP contribution is -2.50. The van der Waals surface area contributed by atoms with Crippen LogP contribution in [0.2, 0.25) is 0 Å². The molecule has 1 aliphatic heterocycles. The number of nitrogens with one attached hydrogen (secondary N) is 1. The van der Waals surface area contributed by atoms with Gasteiger partial charge in [0.25, 0.3) is 5.91 Å². The van der Waals surface area contributed by atoms with Crippen molar-refractivity contribution < 1.29 is 9.21 Å². The number of hydrogen-bond acceptors (Lipinski definition) is 3. The Morgan fingerprint density at radius 3 is 2.64 bits per heavy atom. The smallest absolute Gasteiger partial charge is 0.255 e. The van der Waals surface area contributed by atoms with Crippen molar-refractivity contribution in [2.24, 2.45) is 0 Å². The number of hydrogen-bond donors (Lipinski definition) is 1. The van der Waals surface area contributed by atoms with Gasteiger partial charge in [-0.05, 0) is 45.2 Å². The van der Waals surface area contributed by atoms with E-state index in [4.69, 9.17) is 4.42 Å². The topological polar surface area (TPSA) is 45.5 Å². The lowest BCUT2D eigenvalue weighted by Gasteiger charge is -2.38. The zero-order valence-electron chi connectivity index (χ0n) is 13.6. The maximum absolute atomic E-state index is 12.3. The number of amides is 1. The van der Waals surface area contributed by atoms with E-state index in [-0.39, 0.29) is 11.9 Å². The molecule has 1 amide bonds. The Morgan fingerprint density at radius 2 is 1.95 bits per heavy atom. The molecule has 122 valence electrons. The van der Waals surface area contributed by atoms with Gasteiger partial charge in [0.1, 0.15) is 5.76 Å². The van der Waals surface area contributed by atoms with Gasteiger partial charge in [0.05, 0.1) is 11.8 Å². The highest BCUT2D eigenvalue weighted by molar-refractivity contribution is 5.95. The molecule has 1 N–H and O–H groups in total. The molecule has 0 aromatic carbocycles. The number of carbonyl (C=O) groups is 1. The van der Waals surface area contributed by atoms with E-state index in [0.29, 0.717) is 11.3 Å². The van der Waals surface area contributed by atoms with Gasteiger partial charge in [0.2, 0.25) is 0 Å². The Kier molecular flexibility index (Phi) is 5.19. The van der Waals surface area contributed by atoms with E-state index in [9.17, 15) is 4.79 Å². The fourth-order valence-corrected chi connectivity index (χ4v) is 3.96. The molecule has 0 radical (unpaired) electrons. The van der Waals surface area contributed by atoms with Gasteiger partial charge in [0, 0.05) is 18.6 Å². The molecule has 2 aliphatic rings. The number of nitrogens with zero attached hydrogens (tertiary/aromatic N) is 1. The fraction of sp³-hybridized carbons (Fsp3) is 0.722. The van der Waals surface area contributed by atoms with E-state index in [1.807, 2.05) is 6.92 Å². The summed E-state index contributed by atoms with van der Waals surface area (Å²) in [6.07, 6.45) is 12.1. The third-order valence-electron chi connectivity index (χ3n) is 5.23. The minimum absolute atomic E-state index is 0.0129. The monoisotopic (exact) mass is 304 g/mol. The van der Waals surface area contributed by atoms with E-state index in [1.54, 1.807) is 12.3 Å². The Bertz CT molecular complexity index is 489. The minimum atomic E-state index is 0.0129. The standard InChI is InChI=1S/C18H28N2O2/c1-14-17(10-12-22-14)18(21)19-15-7-6-11-20(13-15)16-8-4-2-3-5-9-16/h10,12,15-16H,2-9,11,13H2,1H3,(H,19,21)/t15-/m1/s1. The molecule has 1 atom stereocenters. The molecule has 0 spiro atoms. The zero-order valence-corrected chi connectivity index (χ0v) is 13.6. The van der Waals surface area contributed by atoms with Crippen LogP contribution in [-0.4, -0.2) is 36.0 Å². The van der Waals surface area contributed by atoms with Crippen LogP contribution in [0.3, 0.4) is 0 Å². The van der Waals surface area contributed by atoms with Crippen LogP contribution in [0.1, 0.15) is 67.5 Å². The highest BCUT2D eigenvalue weighted by Gasteiger charge is 2.27. The normalized spacial score (nSPS) is 24.9. The summed E-state index contributed by atoms with van der Waals surface area (Å²) < 4.78 is 5.23. The van der Waals surface area contributed by atoms with Gasteiger partial charge >= 0.3 is 0 Å². The highest BCUT2D eigenvalue weighted by Crippen LogP contribution is 2.25. The maximum atomic E-state index is 12.3. The Balaban J connectivity index is 1.56. The molecule has 1 aromatic rings. The first-order valence-electron chi connectivity index (χ1n) is 8.83. The third-order valence-corrected chi connectivity index (χ3v) is 5.23. The van der Waals surface area contributed by atoms with E-state index in [2.05, 4.69) is 10.2 Å². The number of piperidine rings is 1. The lowest BCUT2D eigenvalue weighted by molar-refractivity contribution is 0.0859. The van der Waals surface area contributed by atoms with Crippen LogP contribution in [0.5, 0.6) is 0 Å². The molecule has 0 bridgehead atoms. The average molecular weight is 304 g/mol. The summed E-state index contributed by atoms with van der Waals surface area (Å²) in [6, 6.07) is 2.77. The van der Waals surface area contributed by atoms with E-state index in [1.165, 1.54) is 51.5 Å². The fourth-order valence-electron chi connectivity index (χ4n) is 3.96. The van der Waals surface area contributed by atoms with Gasteiger partial charge in [-0.2, -0.15) is 0 Å². The third kappa shape index (κ3) is 3.72. The Hall–Kier alpha value is -1.29. The van der Waals surface area contributed by atoms with Crippen LogP contribution in [0, 0.1) is 6.92 Å². The van der Waals surface area contributed by atoms with Crippen molar-refractivity contribution in [3.05, 3.63) is 23.7 Å². The van der Waals surface area contributed by atoms with Gasteiger partial charge in [-0.1, -0.05) is 25.7 Å². The van der Waals surface area contributed by atoms with Crippen LogP contribution >= 0.6 is 0 Å². The van der Waals surface area contributed by atoms with E-state index < -0.39 is 0 Å². The van der Waals surface area contributed by atoms with E-state index >= 15 is 0 Å². The summed E-state index contributed by atoms with van der Waals surface area (Å²) in [4.78, 5) is 15.0. The van der Waals surface area contributed by atoms with Crippen LogP contribution in [0.25, 0.3) is 0 Å². The summed E-state index contributed by atoms with van der Waals surface area (Å²) in [5.74, 6) is 0.716. The molecule has 4 heteroatoms. The lowest BCUT2D eigenvalue weighted by atomic mass is 9.99. The van der Waals surface area contributed by atoms with Gasteiger partial charge in [-0.15, -0.1) is 0 Å². The Labute approximate surface area is 133 Å². The minimum Gasteiger partial charge on any atom is -0.469 e. The van der Waals surface area contributed by atoms with Gasteiger partial charge in [-0.25, -0.2) is 0 Å². The zero-order chi connectivity index (χ0) is 15.4. The van der Waals surface area contributed by atoms with Gasteiger partial charge < -0.3 is 9.73 Å². The molecule has 3 rings (SSSR count). The number of aryl methyl sites for hydroxylation is 1. The van der Waals surface area contributed by atoms with Crippen molar-refractivity contribution in [2.45, 2.75) is 70.4 Å². The van der Waals surface area contributed by atoms with Crippen LogP contribution in [0.4, 0.5) is 0 Å². The average Bonchev–Trinajstić information content (AvgIpc) is 2.78. The summed E-state index contributed by atoms with van der Waals surface area (Å²) in [6.45, 7) is 4.04. The van der Waals surface area contributed by atoms with Crippen LogP contribution in [0.15, 0.2) is 16.7 Å². The second kappa shape index (κ2) is 7.32. The van der Waals surface area contributed by atoms with Crippen LogP contribution in [-0.2, 0) is 0 Å². The first-order valence-corrected chi connectivity index (χ1v) is 8.83. The van der Waals surface area contributed by atoms with Crippen molar-refractivity contribution in [1.29, 1.82) is 0 Å². The summed E-state index contributed by atoms with van der Waals surface area (Å²) in [5.41, 5.74) is 0.673. The molecule has 2 heterocycles. The first-order chi connectivity index (χ1) is 10.7. The molecule has 1 aromatic heterocycles. The molecule has 1 saturated heterocycles. The second-order valence-corrected chi connectivity index (χ2v) is 6.84. The molecule has 0 unspecified atom stereocenters. The van der Waals surface area contributed by atoms with Gasteiger partial charge in [0.15, 0.2) is 0 Å². The summed E-state index contributed by atoms with van der Waals surface area (Å²) in [7, 11) is 0. The number of rotatable bonds is 3. The van der Waals surface area contributed by atoms with Crippen molar-refractivity contribution in [2.75, 3.05) is 13.1 Å². The Morgan fingerprint density at radius 1 is 1.18 bits per heavy atom. The maximum Gasteiger partial charge on any atom is 0.255 e. The quantitative estimate of drug-likeness (QED) is 0.869. The predicted octanol–water partition coefficient (Wildman–Crippen LogP) is 3.51. The van der Waals surface area contributed by atoms with Crippen LogP contribution < -0.4 is 5.32 Å². The number of likely N-dealkylation sites (tertiary alicyclic amines) is 1. The molecule has 1 saturated carbocycles. The molecule has 1 aliphatic carbocycles. The first kappa shape index (κ1) is 15.6. The number of carbonyl (C=O) groups excluding carboxylic acids is 1. The molecule has 22 heavy (non-hydrogen) atoms. The molecular weight excluding hydrogens is 276 g/mol. The summed E-state index contributed by atoms with van der Waals surface area (Å²) in [5, 5.41) is 3.21. The van der Waals surface area contributed by atoms with E-state index in [0.717, 1.165) is 19.0 Å². The molecular formula is C18H28N2O2. The van der Waals surface area contributed by atoms with Gasteiger partial charge in [-0.3, -0.25) is 9.69 Å². The predicted molar refractivity (Wildman–Crippen MR) is 87.0 cm³/mol. The highest BCUT2D eigenvalue weighted by atomic mass is 16.3. The SMILES string of the molecule is Cc1occc1C(=O)N[C@@H]1CCCN(C2CCCCCC2)C1. The van der Waals surface area contributed by atoms with Crippen molar-refractivity contribution in [3.8, 4) is 0 Å².